The molecule has 88 valence electrons. The largest absolute Gasteiger partial charge is 0.292 e. The van der Waals surface area contributed by atoms with Gasteiger partial charge in [-0.3, -0.25) is 10.6 Å². The van der Waals surface area contributed by atoms with Crippen LogP contribution in [0.2, 0.25) is 0 Å². The van der Waals surface area contributed by atoms with E-state index < -0.39 is 0 Å². The first kappa shape index (κ1) is 12.0. The van der Waals surface area contributed by atoms with E-state index in [2.05, 4.69) is 49.6 Å². The number of hydrogen-bond acceptors (Lipinski definition) is 3. The molecule has 1 fully saturated rings. The molecule has 1 saturated heterocycles. The van der Waals surface area contributed by atoms with E-state index in [9.17, 15) is 0 Å². The van der Waals surface area contributed by atoms with Crippen LogP contribution in [0.25, 0.3) is 0 Å². The van der Waals surface area contributed by atoms with Crippen LogP contribution in [0.1, 0.15) is 23.6 Å². The zero-order valence-electron chi connectivity index (χ0n) is 10.2. The molecule has 2 rings (SSSR count). The Morgan fingerprint density at radius 3 is 2.75 bits per heavy atom. The van der Waals surface area contributed by atoms with Crippen LogP contribution in [0.4, 0.5) is 0 Å². The van der Waals surface area contributed by atoms with Gasteiger partial charge < -0.3 is 0 Å². The molecule has 1 aromatic carbocycles. The van der Waals surface area contributed by atoms with Crippen LogP contribution in [0, 0.1) is 13.8 Å². The molecule has 0 aromatic heterocycles. The smallest absolute Gasteiger partial charge is 0.106 e. The van der Waals surface area contributed by atoms with Crippen molar-refractivity contribution >= 4 is 11.8 Å². The molecule has 1 aromatic rings. The van der Waals surface area contributed by atoms with Crippen molar-refractivity contribution in [1.82, 2.24) is 10.6 Å². The second-order valence-electron chi connectivity index (χ2n) is 4.59. The molecule has 1 heterocycles. The molecule has 3 heteroatoms. The summed E-state index contributed by atoms with van der Waals surface area (Å²) in [6.45, 7) is 7.62. The highest BCUT2D eigenvalue weighted by molar-refractivity contribution is 7.99. The van der Waals surface area contributed by atoms with Gasteiger partial charge in [0.2, 0.25) is 0 Å². The van der Waals surface area contributed by atoms with Gasteiger partial charge in [-0.25, -0.2) is 0 Å². The first-order valence-corrected chi connectivity index (χ1v) is 6.87. The van der Waals surface area contributed by atoms with Crippen molar-refractivity contribution in [3.05, 3.63) is 34.9 Å². The van der Waals surface area contributed by atoms with E-state index >= 15 is 0 Å². The van der Waals surface area contributed by atoms with Crippen LogP contribution < -0.4 is 10.6 Å². The molecule has 0 spiro atoms. The number of aryl methyl sites for hydroxylation is 2. The van der Waals surface area contributed by atoms with Crippen LogP contribution >= 0.6 is 11.8 Å². The van der Waals surface area contributed by atoms with Gasteiger partial charge in [0.25, 0.3) is 0 Å². The maximum atomic E-state index is 3.50. The Morgan fingerprint density at radius 1 is 1.31 bits per heavy atom. The number of benzene rings is 1. The predicted octanol–water partition coefficient (Wildman–Crippen LogP) is 2.40. The van der Waals surface area contributed by atoms with E-state index in [1.165, 1.54) is 16.7 Å². The normalized spacial score (nSPS) is 24.9. The fraction of sp³-hybridized carbons (Fsp3) is 0.538. The van der Waals surface area contributed by atoms with E-state index in [-0.39, 0.29) is 0 Å². The zero-order valence-corrected chi connectivity index (χ0v) is 11.0. The van der Waals surface area contributed by atoms with E-state index in [0.29, 0.717) is 11.5 Å². The molecule has 0 saturated carbocycles. The quantitative estimate of drug-likeness (QED) is 0.843. The highest BCUT2D eigenvalue weighted by Gasteiger charge is 2.18. The summed E-state index contributed by atoms with van der Waals surface area (Å²) in [5, 5.41) is 6.96. The molecule has 1 aliphatic rings. The fourth-order valence-corrected chi connectivity index (χ4v) is 2.92. The average Bonchev–Trinajstić information content (AvgIpc) is 2.66. The molecular formula is C13H20N2S. The summed E-state index contributed by atoms with van der Waals surface area (Å²) in [4.78, 5) is 0. The number of rotatable bonds is 3. The number of nitrogens with one attached hydrogen (secondary N) is 2. The van der Waals surface area contributed by atoms with Gasteiger partial charge in [0.15, 0.2) is 0 Å². The maximum Gasteiger partial charge on any atom is 0.106 e. The SMILES string of the molecule is Cc1ccc(CS[C@H]2NC[C@H](C)N2)cc1C. The third kappa shape index (κ3) is 3.00. The lowest BCUT2D eigenvalue weighted by Gasteiger charge is -2.11. The highest BCUT2D eigenvalue weighted by Crippen LogP contribution is 2.19. The summed E-state index contributed by atoms with van der Waals surface area (Å²) < 4.78 is 0. The van der Waals surface area contributed by atoms with Crippen molar-refractivity contribution in [2.45, 2.75) is 38.1 Å². The minimum Gasteiger partial charge on any atom is -0.292 e. The zero-order chi connectivity index (χ0) is 11.5. The van der Waals surface area contributed by atoms with E-state index in [4.69, 9.17) is 0 Å². The van der Waals surface area contributed by atoms with Crippen molar-refractivity contribution in [1.29, 1.82) is 0 Å². The lowest BCUT2D eigenvalue weighted by atomic mass is 10.1. The molecule has 2 N–H and O–H groups in total. The molecule has 0 unspecified atom stereocenters. The van der Waals surface area contributed by atoms with Gasteiger partial charge >= 0.3 is 0 Å². The van der Waals surface area contributed by atoms with Gasteiger partial charge in [0.05, 0.1) is 0 Å². The van der Waals surface area contributed by atoms with Crippen molar-refractivity contribution in [2.75, 3.05) is 6.54 Å². The molecule has 1 aliphatic heterocycles. The Balaban J connectivity index is 1.87. The standard InChI is InChI=1S/C13H20N2S/c1-9-4-5-12(6-10(9)2)8-16-13-14-7-11(3)15-13/h4-6,11,13-15H,7-8H2,1-3H3/t11-,13-/m0/s1. The monoisotopic (exact) mass is 236 g/mol. The van der Waals surface area contributed by atoms with Crippen LogP contribution in [0.3, 0.4) is 0 Å². The van der Waals surface area contributed by atoms with Crippen LogP contribution in [0.15, 0.2) is 18.2 Å². The van der Waals surface area contributed by atoms with E-state index in [1.807, 2.05) is 11.8 Å². The van der Waals surface area contributed by atoms with Crippen LogP contribution in [-0.2, 0) is 5.75 Å². The van der Waals surface area contributed by atoms with Gasteiger partial charge in [0, 0.05) is 18.3 Å². The second-order valence-corrected chi connectivity index (χ2v) is 5.68. The third-order valence-electron chi connectivity index (χ3n) is 3.03. The number of hydrogen-bond donors (Lipinski definition) is 2. The minimum atomic E-state index is 0.414. The summed E-state index contributed by atoms with van der Waals surface area (Å²) in [5.74, 6) is 1.07. The highest BCUT2D eigenvalue weighted by atomic mass is 32.2. The second kappa shape index (κ2) is 5.21. The fourth-order valence-electron chi connectivity index (χ4n) is 1.84. The van der Waals surface area contributed by atoms with Crippen molar-refractivity contribution < 1.29 is 0 Å². The predicted molar refractivity (Wildman–Crippen MR) is 71.6 cm³/mol. The Hall–Kier alpha value is -0.510. The Labute approximate surface area is 102 Å². The Kier molecular flexibility index (Phi) is 3.90. The van der Waals surface area contributed by atoms with E-state index in [1.54, 1.807) is 0 Å². The molecule has 0 aliphatic carbocycles. The summed E-state index contributed by atoms with van der Waals surface area (Å²) in [7, 11) is 0. The van der Waals surface area contributed by atoms with Crippen LogP contribution in [-0.4, -0.2) is 18.1 Å². The van der Waals surface area contributed by atoms with Crippen molar-refractivity contribution in [2.24, 2.45) is 0 Å². The minimum absolute atomic E-state index is 0.414. The third-order valence-corrected chi connectivity index (χ3v) is 4.17. The van der Waals surface area contributed by atoms with Crippen LogP contribution in [0.5, 0.6) is 0 Å². The Bertz CT molecular complexity index is 365. The molecule has 0 bridgehead atoms. The van der Waals surface area contributed by atoms with Gasteiger partial charge in [-0.05, 0) is 37.5 Å². The lowest BCUT2D eigenvalue weighted by molar-refractivity contribution is 0.670. The molecule has 2 atom stereocenters. The summed E-state index contributed by atoms with van der Waals surface area (Å²) in [6.07, 6.45) is 0. The first-order chi connectivity index (χ1) is 7.65. The van der Waals surface area contributed by atoms with Gasteiger partial charge in [-0.2, -0.15) is 0 Å². The lowest BCUT2D eigenvalue weighted by Crippen LogP contribution is -2.29. The molecule has 0 radical (unpaired) electrons. The summed E-state index contributed by atoms with van der Waals surface area (Å²) in [6, 6.07) is 7.33. The van der Waals surface area contributed by atoms with Crippen molar-refractivity contribution in [3.63, 3.8) is 0 Å². The first-order valence-electron chi connectivity index (χ1n) is 5.82. The molecular weight excluding hydrogens is 216 g/mol. The molecule has 16 heavy (non-hydrogen) atoms. The van der Waals surface area contributed by atoms with Gasteiger partial charge in [-0.15, -0.1) is 11.8 Å². The van der Waals surface area contributed by atoms with Gasteiger partial charge in [-0.1, -0.05) is 18.2 Å². The molecule has 2 nitrogen and oxygen atoms in total. The van der Waals surface area contributed by atoms with Gasteiger partial charge in [0.1, 0.15) is 5.50 Å². The molecule has 0 amide bonds. The Morgan fingerprint density at radius 2 is 2.12 bits per heavy atom. The maximum absolute atomic E-state index is 3.50. The average molecular weight is 236 g/mol. The topological polar surface area (TPSA) is 24.1 Å². The summed E-state index contributed by atoms with van der Waals surface area (Å²) >= 11 is 1.93. The number of thioether (sulfide) groups is 1. The van der Waals surface area contributed by atoms with E-state index in [0.717, 1.165) is 12.3 Å². The summed E-state index contributed by atoms with van der Waals surface area (Å²) in [5.41, 5.74) is 4.59. The van der Waals surface area contributed by atoms with Crippen molar-refractivity contribution in [3.8, 4) is 0 Å².